The van der Waals surface area contributed by atoms with Crippen molar-refractivity contribution in [1.29, 1.82) is 0 Å². The Balaban J connectivity index is 2.70. The predicted octanol–water partition coefficient (Wildman–Crippen LogP) is 0.550. The molecule has 7 heteroatoms. The third kappa shape index (κ3) is 4.48. The highest BCUT2D eigenvalue weighted by molar-refractivity contribution is 5.97. The Hall–Kier alpha value is -1.63. The first-order valence-corrected chi connectivity index (χ1v) is 7.04. The molecule has 1 saturated heterocycles. The van der Waals surface area contributed by atoms with E-state index in [2.05, 4.69) is 10.6 Å². The SMILES string of the molecule is CCNC(=O)NC(=O)C(C)N1CCCCCC1C(=O)O. The first-order chi connectivity index (χ1) is 9.47. The fourth-order valence-electron chi connectivity index (χ4n) is 2.43. The number of nitrogens with one attached hydrogen (secondary N) is 2. The second-order valence-corrected chi connectivity index (χ2v) is 4.97. The number of carboxylic acids is 1. The van der Waals surface area contributed by atoms with Gasteiger partial charge in [0.2, 0.25) is 5.91 Å². The summed E-state index contributed by atoms with van der Waals surface area (Å²) in [6, 6.07) is -1.85. The molecule has 0 aromatic rings. The number of carboxylic acid groups (broad SMARTS) is 1. The average molecular weight is 285 g/mol. The molecule has 2 atom stereocenters. The molecule has 0 spiro atoms. The van der Waals surface area contributed by atoms with Crippen molar-refractivity contribution in [3.63, 3.8) is 0 Å². The topological polar surface area (TPSA) is 98.7 Å². The Morgan fingerprint density at radius 2 is 2.00 bits per heavy atom. The first-order valence-electron chi connectivity index (χ1n) is 7.04. The molecule has 0 radical (unpaired) electrons. The third-order valence-corrected chi connectivity index (χ3v) is 3.53. The molecule has 1 rings (SSSR count). The van der Waals surface area contributed by atoms with Gasteiger partial charge in [0, 0.05) is 6.54 Å². The average Bonchev–Trinajstić information content (AvgIpc) is 2.63. The van der Waals surface area contributed by atoms with Gasteiger partial charge in [0.15, 0.2) is 0 Å². The maximum Gasteiger partial charge on any atom is 0.321 e. The lowest BCUT2D eigenvalue weighted by atomic mass is 10.1. The number of carbonyl (C=O) groups is 3. The second kappa shape index (κ2) is 7.84. The van der Waals surface area contributed by atoms with Gasteiger partial charge in [-0.1, -0.05) is 12.8 Å². The maximum atomic E-state index is 12.0. The summed E-state index contributed by atoms with van der Waals surface area (Å²) in [4.78, 5) is 36.3. The molecular formula is C13H23N3O4. The van der Waals surface area contributed by atoms with E-state index in [1.54, 1.807) is 18.7 Å². The van der Waals surface area contributed by atoms with E-state index in [0.717, 1.165) is 19.3 Å². The Morgan fingerprint density at radius 1 is 1.30 bits per heavy atom. The maximum absolute atomic E-state index is 12.0. The number of nitrogens with zero attached hydrogens (tertiary/aromatic N) is 1. The largest absolute Gasteiger partial charge is 0.480 e. The number of likely N-dealkylation sites (tertiary alicyclic amines) is 1. The zero-order chi connectivity index (χ0) is 15.1. The van der Waals surface area contributed by atoms with Gasteiger partial charge < -0.3 is 10.4 Å². The Labute approximate surface area is 118 Å². The summed E-state index contributed by atoms with van der Waals surface area (Å²) >= 11 is 0. The normalized spacial score (nSPS) is 21.6. The smallest absolute Gasteiger partial charge is 0.321 e. The van der Waals surface area contributed by atoms with E-state index < -0.39 is 30.0 Å². The number of rotatable bonds is 4. The molecule has 7 nitrogen and oxygen atoms in total. The first kappa shape index (κ1) is 16.4. The molecule has 1 heterocycles. The number of hydrogen-bond donors (Lipinski definition) is 3. The van der Waals surface area contributed by atoms with Crippen LogP contribution in [-0.4, -0.2) is 53.1 Å². The van der Waals surface area contributed by atoms with Crippen LogP contribution in [0.2, 0.25) is 0 Å². The zero-order valence-electron chi connectivity index (χ0n) is 12.0. The molecule has 3 amide bonds. The Morgan fingerprint density at radius 3 is 2.60 bits per heavy atom. The molecule has 3 N–H and O–H groups in total. The van der Waals surface area contributed by atoms with Crippen LogP contribution < -0.4 is 10.6 Å². The Bertz CT molecular complexity index is 373. The minimum Gasteiger partial charge on any atom is -0.480 e. The van der Waals surface area contributed by atoms with Crippen molar-refractivity contribution in [3.05, 3.63) is 0 Å². The van der Waals surface area contributed by atoms with Crippen LogP contribution in [0.15, 0.2) is 0 Å². The summed E-state index contributed by atoms with van der Waals surface area (Å²) in [5, 5.41) is 14.0. The summed E-state index contributed by atoms with van der Waals surface area (Å²) in [6.07, 6.45) is 3.21. The van der Waals surface area contributed by atoms with Crippen molar-refractivity contribution in [3.8, 4) is 0 Å². The highest BCUT2D eigenvalue weighted by Gasteiger charge is 2.33. The quantitative estimate of drug-likeness (QED) is 0.700. The highest BCUT2D eigenvalue weighted by atomic mass is 16.4. The fourth-order valence-corrected chi connectivity index (χ4v) is 2.43. The van der Waals surface area contributed by atoms with Crippen LogP contribution >= 0.6 is 0 Å². The van der Waals surface area contributed by atoms with Crippen molar-refractivity contribution in [1.82, 2.24) is 15.5 Å². The van der Waals surface area contributed by atoms with Crippen molar-refractivity contribution < 1.29 is 19.5 Å². The molecule has 0 bridgehead atoms. The minimum atomic E-state index is -0.912. The molecule has 1 aliphatic heterocycles. The summed E-state index contributed by atoms with van der Waals surface area (Å²) in [5.74, 6) is -1.38. The van der Waals surface area contributed by atoms with Crippen LogP contribution in [0, 0.1) is 0 Å². The molecule has 1 aliphatic rings. The highest BCUT2D eigenvalue weighted by Crippen LogP contribution is 2.19. The molecule has 0 saturated carbocycles. The van der Waals surface area contributed by atoms with E-state index in [4.69, 9.17) is 0 Å². The predicted molar refractivity (Wildman–Crippen MR) is 73.3 cm³/mol. The molecular weight excluding hydrogens is 262 g/mol. The number of imide groups is 1. The van der Waals surface area contributed by atoms with Crippen LogP contribution in [0.5, 0.6) is 0 Å². The van der Waals surface area contributed by atoms with E-state index in [1.165, 1.54) is 0 Å². The molecule has 20 heavy (non-hydrogen) atoms. The van der Waals surface area contributed by atoms with Crippen LogP contribution in [0.4, 0.5) is 4.79 Å². The molecule has 114 valence electrons. The van der Waals surface area contributed by atoms with E-state index in [9.17, 15) is 19.5 Å². The van der Waals surface area contributed by atoms with Gasteiger partial charge in [-0.05, 0) is 33.2 Å². The van der Waals surface area contributed by atoms with Crippen LogP contribution in [0.3, 0.4) is 0 Å². The molecule has 0 aromatic heterocycles. The van der Waals surface area contributed by atoms with Crippen LogP contribution in [-0.2, 0) is 9.59 Å². The molecule has 2 unspecified atom stereocenters. The van der Waals surface area contributed by atoms with Crippen molar-refractivity contribution in [2.24, 2.45) is 0 Å². The van der Waals surface area contributed by atoms with Crippen molar-refractivity contribution in [2.75, 3.05) is 13.1 Å². The van der Waals surface area contributed by atoms with Crippen molar-refractivity contribution >= 4 is 17.9 Å². The van der Waals surface area contributed by atoms with Gasteiger partial charge in [-0.25, -0.2) is 4.79 Å². The lowest BCUT2D eigenvalue weighted by Gasteiger charge is -2.31. The molecule has 1 fully saturated rings. The summed E-state index contributed by atoms with van der Waals surface area (Å²) in [7, 11) is 0. The standard InChI is InChI=1S/C13H23N3O4/c1-3-14-13(20)15-11(17)9(2)16-8-6-4-5-7-10(16)12(18)19/h9-10H,3-8H2,1-2H3,(H,18,19)(H2,14,15,17,20). The van der Waals surface area contributed by atoms with E-state index >= 15 is 0 Å². The minimum absolute atomic E-state index is 0.426. The number of carbonyl (C=O) groups excluding carboxylic acids is 2. The summed E-state index contributed by atoms with van der Waals surface area (Å²) < 4.78 is 0. The summed E-state index contributed by atoms with van der Waals surface area (Å²) in [6.45, 7) is 4.37. The van der Waals surface area contributed by atoms with Crippen molar-refractivity contribution in [2.45, 2.75) is 51.6 Å². The van der Waals surface area contributed by atoms with E-state index in [0.29, 0.717) is 19.5 Å². The third-order valence-electron chi connectivity index (χ3n) is 3.53. The lowest BCUT2D eigenvalue weighted by molar-refractivity contribution is -0.145. The summed E-state index contributed by atoms with van der Waals surface area (Å²) in [5.41, 5.74) is 0. The van der Waals surface area contributed by atoms with E-state index in [1.807, 2.05) is 0 Å². The number of aliphatic carboxylic acids is 1. The number of hydrogen-bond acceptors (Lipinski definition) is 4. The second-order valence-electron chi connectivity index (χ2n) is 4.97. The van der Waals surface area contributed by atoms with Gasteiger partial charge in [0.05, 0.1) is 6.04 Å². The van der Waals surface area contributed by atoms with Gasteiger partial charge in [0.25, 0.3) is 0 Å². The van der Waals surface area contributed by atoms with Gasteiger partial charge in [0.1, 0.15) is 6.04 Å². The molecule has 0 aliphatic carbocycles. The van der Waals surface area contributed by atoms with Gasteiger partial charge >= 0.3 is 12.0 Å². The van der Waals surface area contributed by atoms with Gasteiger partial charge in [-0.15, -0.1) is 0 Å². The fraction of sp³-hybridized carbons (Fsp3) is 0.769. The monoisotopic (exact) mass is 285 g/mol. The zero-order valence-corrected chi connectivity index (χ0v) is 12.0. The van der Waals surface area contributed by atoms with Crippen LogP contribution in [0.1, 0.15) is 39.5 Å². The molecule has 0 aromatic carbocycles. The number of urea groups is 1. The van der Waals surface area contributed by atoms with Gasteiger partial charge in [-0.2, -0.15) is 0 Å². The van der Waals surface area contributed by atoms with Gasteiger partial charge in [-0.3, -0.25) is 19.8 Å². The van der Waals surface area contributed by atoms with Crippen LogP contribution in [0.25, 0.3) is 0 Å². The number of amides is 3. The Kier molecular flexibility index (Phi) is 6.44. The lowest BCUT2D eigenvalue weighted by Crippen LogP contribution is -2.54. The van der Waals surface area contributed by atoms with E-state index in [-0.39, 0.29) is 0 Å².